The number of aromatic nitrogens is 3. The number of rotatable bonds is 8. The molecule has 2 saturated carbocycles. The van der Waals surface area contributed by atoms with Gasteiger partial charge < -0.3 is 40.1 Å². The monoisotopic (exact) mass is 765 g/mol. The summed E-state index contributed by atoms with van der Waals surface area (Å²) in [5.74, 6) is -0.325. The summed E-state index contributed by atoms with van der Waals surface area (Å²) in [6.07, 6.45) is 12.7. The second kappa shape index (κ2) is 14.6. The summed E-state index contributed by atoms with van der Waals surface area (Å²) in [6, 6.07) is 2.58. The van der Waals surface area contributed by atoms with E-state index in [1.165, 1.54) is 39.2 Å². The number of benzene rings is 1. The number of methoxy groups -OCH3 is 1. The molecule has 3 atom stereocenters. The number of hydrogen-bond acceptors (Lipinski definition) is 12. The number of hydrogen-bond donors (Lipinski definition) is 3. The summed E-state index contributed by atoms with van der Waals surface area (Å²) in [5.41, 5.74) is 6.57. The number of β-amino-alcohol motifs (C(OH)–C–C–N with tert-alkyl or cyclic N) is 1. The highest BCUT2D eigenvalue weighted by Crippen LogP contribution is 2.52. The Morgan fingerprint density at radius 1 is 1.07 bits per heavy atom. The lowest BCUT2D eigenvalue weighted by Crippen LogP contribution is -2.56. The molecule has 1 spiro atoms. The normalized spacial score (nSPS) is 30.4. The zero-order valence-corrected chi connectivity index (χ0v) is 32.4. The molecule has 5 heterocycles. The van der Waals surface area contributed by atoms with E-state index in [-0.39, 0.29) is 63.9 Å². The Balaban J connectivity index is 1.18. The lowest BCUT2D eigenvalue weighted by molar-refractivity contribution is -0.0405. The summed E-state index contributed by atoms with van der Waals surface area (Å²) >= 11 is 6.55. The van der Waals surface area contributed by atoms with Crippen molar-refractivity contribution in [2.75, 3.05) is 70.4 Å². The molecule has 0 bridgehead atoms. The zero-order valence-electron chi connectivity index (χ0n) is 31.7. The molecule has 3 aliphatic heterocycles. The first-order valence-electron chi connectivity index (χ1n) is 19.5. The maximum atomic E-state index is 17.2. The number of nitrogen functional groups attached to an aromatic ring is 1. The summed E-state index contributed by atoms with van der Waals surface area (Å²) in [7, 11) is 1.46. The Kier molecular flexibility index (Phi) is 10.2. The van der Waals surface area contributed by atoms with Gasteiger partial charge in [0.15, 0.2) is 5.82 Å². The second-order valence-corrected chi connectivity index (χ2v) is 17.2. The number of pyridine rings is 1. The van der Waals surface area contributed by atoms with Crippen LogP contribution in [0.15, 0.2) is 6.07 Å². The fourth-order valence-corrected chi connectivity index (χ4v) is 10.5. The van der Waals surface area contributed by atoms with Crippen LogP contribution >= 0.6 is 11.6 Å². The van der Waals surface area contributed by atoms with Crippen molar-refractivity contribution in [1.29, 1.82) is 5.41 Å². The van der Waals surface area contributed by atoms with Crippen molar-refractivity contribution in [2.24, 2.45) is 10.8 Å². The number of fused-ring (bicyclic) bond motifs is 2. The van der Waals surface area contributed by atoms with E-state index in [9.17, 15) is 5.11 Å². The van der Waals surface area contributed by atoms with Crippen molar-refractivity contribution in [3.05, 3.63) is 28.0 Å². The molecule has 0 amide bonds. The molecular weight excluding hydrogens is 713 g/mol. The van der Waals surface area contributed by atoms with Crippen LogP contribution < -0.4 is 20.1 Å². The van der Waals surface area contributed by atoms with Crippen LogP contribution in [0.3, 0.4) is 0 Å². The minimum absolute atomic E-state index is 0.0479. The average Bonchev–Trinajstić information content (AvgIpc) is 3.76. The van der Waals surface area contributed by atoms with Crippen LogP contribution in [0, 0.1) is 29.0 Å². The van der Waals surface area contributed by atoms with Crippen molar-refractivity contribution in [2.45, 2.75) is 95.7 Å². The van der Waals surface area contributed by atoms with E-state index >= 15 is 4.39 Å². The molecule has 5 fully saturated rings. The van der Waals surface area contributed by atoms with E-state index in [2.05, 4.69) is 9.88 Å². The number of anilines is 2. The number of piperidine rings is 1. The van der Waals surface area contributed by atoms with E-state index in [0.717, 1.165) is 58.1 Å². The Labute approximate surface area is 321 Å². The maximum Gasteiger partial charge on any atom is 0.319 e. The van der Waals surface area contributed by atoms with E-state index < -0.39 is 11.4 Å². The fraction of sp³-hybridized carbons (Fsp3) is 0.650. The quantitative estimate of drug-likeness (QED) is 0.174. The van der Waals surface area contributed by atoms with Gasteiger partial charge in [-0.05, 0) is 95.2 Å². The molecule has 0 radical (unpaired) electrons. The first-order chi connectivity index (χ1) is 26.0. The van der Waals surface area contributed by atoms with Crippen LogP contribution in [0.25, 0.3) is 22.2 Å². The topological polar surface area (TPSA) is 152 Å². The van der Waals surface area contributed by atoms with Crippen LogP contribution in [0.2, 0.25) is 5.02 Å². The van der Waals surface area contributed by atoms with Gasteiger partial charge >= 0.3 is 6.01 Å². The van der Waals surface area contributed by atoms with Gasteiger partial charge in [-0.3, -0.25) is 4.90 Å². The molecule has 4 N–H and O–H groups in total. The number of nitrogens with one attached hydrogen (secondary N) is 1. The predicted molar refractivity (Wildman–Crippen MR) is 207 cm³/mol. The molecule has 292 valence electrons. The number of nitrogens with zero attached hydrogens (tertiary/aromatic N) is 5. The van der Waals surface area contributed by atoms with Crippen molar-refractivity contribution in [3.8, 4) is 23.1 Å². The van der Waals surface area contributed by atoms with Gasteiger partial charge in [0.1, 0.15) is 28.0 Å². The van der Waals surface area contributed by atoms with Crippen LogP contribution in [0.5, 0.6) is 11.9 Å². The molecule has 3 aromatic rings. The molecule has 3 saturated heterocycles. The minimum Gasteiger partial charge on any atom is -0.480 e. The van der Waals surface area contributed by atoms with Crippen LogP contribution in [-0.2, 0) is 9.47 Å². The van der Waals surface area contributed by atoms with E-state index in [1.54, 1.807) is 19.9 Å². The standard InChI is InChI=1S/C40H53ClFN7O5/c1-24-27(41)18-28(44)26(19-43)30(24)33-32(42)34-31(36(45-33)51-3)35(48-15-17-53-21-38(2,50)20-48)47-37(46-34)54-23-40-9-4-6-29(40)49(14-5-10-40)25-7-11-39(12-8-25)13-16-52-22-39/h18-19,25,29,43,50H,4-17,20-23,44H2,1-3H3/t25?,29?,38-,39?,40?/m0/s1. The number of nitrogens with two attached hydrogens (primary N) is 1. The smallest absolute Gasteiger partial charge is 0.319 e. The van der Waals surface area contributed by atoms with Gasteiger partial charge in [-0.15, -0.1) is 0 Å². The highest BCUT2D eigenvalue weighted by atomic mass is 35.5. The van der Waals surface area contributed by atoms with Gasteiger partial charge in [0.2, 0.25) is 5.88 Å². The third kappa shape index (κ3) is 6.67. The van der Waals surface area contributed by atoms with Crippen LogP contribution in [0.4, 0.5) is 15.9 Å². The number of aliphatic hydroxyl groups is 1. The number of halogens is 2. The largest absolute Gasteiger partial charge is 0.480 e. The third-order valence-electron chi connectivity index (χ3n) is 13.1. The van der Waals surface area contributed by atoms with Crippen molar-refractivity contribution in [1.82, 2.24) is 19.9 Å². The third-order valence-corrected chi connectivity index (χ3v) is 13.5. The summed E-state index contributed by atoms with van der Waals surface area (Å²) in [4.78, 5) is 19.0. The first-order valence-corrected chi connectivity index (χ1v) is 19.9. The molecule has 1 aromatic carbocycles. The minimum atomic E-state index is -1.20. The Morgan fingerprint density at radius 3 is 2.59 bits per heavy atom. The van der Waals surface area contributed by atoms with Crippen LogP contribution in [-0.4, -0.2) is 109 Å². The van der Waals surface area contributed by atoms with Gasteiger partial charge in [-0.1, -0.05) is 18.0 Å². The predicted octanol–water partition coefficient (Wildman–Crippen LogP) is 6.33. The highest BCUT2D eigenvalue weighted by Gasteiger charge is 2.51. The Bertz CT molecular complexity index is 1920. The zero-order chi connectivity index (χ0) is 37.8. The lowest BCUT2D eigenvalue weighted by Gasteiger charge is -2.51. The van der Waals surface area contributed by atoms with Crippen LogP contribution in [0.1, 0.15) is 82.3 Å². The maximum absolute atomic E-state index is 17.2. The molecule has 2 aromatic heterocycles. The summed E-state index contributed by atoms with van der Waals surface area (Å²) in [5, 5.41) is 19.9. The molecular formula is C40H53ClFN7O5. The number of likely N-dealkylation sites (tertiary alicyclic amines) is 1. The van der Waals surface area contributed by atoms with E-state index in [4.69, 9.17) is 51.7 Å². The average molecular weight is 766 g/mol. The van der Waals surface area contributed by atoms with Gasteiger partial charge in [-0.25, -0.2) is 9.37 Å². The Hall–Kier alpha value is -3.36. The SMILES string of the molecule is COc1nc(-c2c(C)c(Cl)cc(N)c2C=N)c(F)c2nc(OCC34CCCC3N(C3CCC5(CCOC5)CC3)CCC4)nc(N3CCOC[C@@](C)(O)C3)c12. The van der Waals surface area contributed by atoms with Gasteiger partial charge in [0.05, 0.1) is 40.1 Å². The van der Waals surface area contributed by atoms with E-state index in [0.29, 0.717) is 53.7 Å². The molecule has 12 nitrogen and oxygen atoms in total. The molecule has 8 rings (SSSR count). The molecule has 14 heteroatoms. The molecule has 2 unspecified atom stereocenters. The summed E-state index contributed by atoms with van der Waals surface area (Å²) < 4.78 is 41.3. The Morgan fingerprint density at radius 2 is 1.85 bits per heavy atom. The van der Waals surface area contributed by atoms with Crippen molar-refractivity contribution < 1.29 is 28.4 Å². The van der Waals surface area contributed by atoms with Gasteiger partial charge in [-0.2, -0.15) is 9.97 Å². The van der Waals surface area contributed by atoms with Crippen molar-refractivity contribution in [3.63, 3.8) is 0 Å². The van der Waals surface area contributed by atoms with Gasteiger partial charge in [0.25, 0.3) is 0 Å². The fourth-order valence-electron chi connectivity index (χ4n) is 10.3. The number of ether oxygens (including phenoxy) is 4. The highest BCUT2D eigenvalue weighted by molar-refractivity contribution is 6.32. The lowest BCUT2D eigenvalue weighted by atomic mass is 9.69. The molecule has 2 aliphatic carbocycles. The molecule has 54 heavy (non-hydrogen) atoms. The van der Waals surface area contributed by atoms with E-state index in [1.807, 2.05) is 4.90 Å². The van der Waals surface area contributed by atoms with Gasteiger partial charge in [0, 0.05) is 58.7 Å². The first kappa shape index (κ1) is 37.6. The molecule has 5 aliphatic rings. The van der Waals surface area contributed by atoms with Crippen molar-refractivity contribution >= 4 is 40.2 Å². The summed E-state index contributed by atoms with van der Waals surface area (Å²) in [6.45, 7) is 7.80. The second-order valence-electron chi connectivity index (χ2n) is 16.7.